The van der Waals surface area contributed by atoms with E-state index in [9.17, 15) is 9.59 Å². The molecule has 10 heteroatoms. The molecule has 1 amide bonds. The summed E-state index contributed by atoms with van der Waals surface area (Å²) < 4.78 is 5.17. The summed E-state index contributed by atoms with van der Waals surface area (Å²) in [4.78, 5) is 38.9. The Hall–Kier alpha value is -2.13. The van der Waals surface area contributed by atoms with E-state index in [0.29, 0.717) is 36.1 Å². The number of nitrogens with one attached hydrogen (secondary N) is 2. The van der Waals surface area contributed by atoms with Gasteiger partial charge in [0.2, 0.25) is 0 Å². The summed E-state index contributed by atoms with van der Waals surface area (Å²) >= 11 is 7.36. The Bertz CT molecular complexity index is 875. The normalized spacial score (nSPS) is 14.0. The van der Waals surface area contributed by atoms with Crippen molar-refractivity contribution in [1.82, 2.24) is 20.3 Å². The van der Waals surface area contributed by atoms with Crippen LogP contribution in [0.25, 0.3) is 0 Å². The van der Waals surface area contributed by atoms with E-state index >= 15 is 0 Å². The zero-order chi connectivity index (χ0) is 21.0. The smallest absolute Gasteiger partial charge is 0.350 e. The summed E-state index contributed by atoms with van der Waals surface area (Å²) in [7, 11) is 0. The third-order valence-corrected chi connectivity index (χ3v) is 6.15. The molecule has 2 aromatic rings. The maximum absolute atomic E-state index is 12.4. The summed E-state index contributed by atoms with van der Waals surface area (Å²) in [6.45, 7) is 7.44. The fourth-order valence-electron chi connectivity index (χ4n) is 3.05. The van der Waals surface area contributed by atoms with Crippen molar-refractivity contribution in [3.05, 3.63) is 27.2 Å². The summed E-state index contributed by atoms with van der Waals surface area (Å²) in [6.07, 6.45) is 3.45. The van der Waals surface area contributed by atoms with Gasteiger partial charge in [0, 0.05) is 13.1 Å². The average molecular weight is 440 g/mol. The molecule has 8 nitrogen and oxygen atoms in total. The number of amides is 1. The van der Waals surface area contributed by atoms with Crippen LogP contribution in [0.5, 0.6) is 0 Å². The highest BCUT2D eigenvalue weighted by atomic mass is 35.5. The lowest BCUT2D eigenvalue weighted by atomic mass is 10.1. The first-order valence-corrected chi connectivity index (χ1v) is 11.1. The number of H-pyrrole nitrogens is 1. The molecule has 0 spiro atoms. The van der Waals surface area contributed by atoms with Crippen LogP contribution in [0.4, 0.5) is 5.13 Å². The number of hydrogen-bond donors (Lipinski definition) is 2. The number of carbonyl (C=O) groups excluding carboxylic acids is 2. The third kappa shape index (κ3) is 4.90. The number of imidazole rings is 1. The number of anilines is 1. The molecule has 158 valence electrons. The van der Waals surface area contributed by atoms with Crippen molar-refractivity contribution in [2.45, 2.75) is 52.5 Å². The fourth-order valence-corrected chi connectivity index (χ4v) is 4.34. The predicted octanol–water partition coefficient (Wildman–Crippen LogP) is 3.22. The van der Waals surface area contributed by atoms with Crippen molar-refractivity contribution in [3.8, 4) is 0 Å². The number of aromatic amines is 1. The number of halogens is 1. The van der Waals surface area contributed by atoms with Gasteiger partial charge in [-0.3, -0.25) is 4.79 Å². The molecule has 0 aliphatic carbocycles. The standard InChI is InChI=1S/C19H26ClN5O3S/c1-4-7-8-13-14(18(27)28-6-3)29-19(23-13)25-9-11(10-25)21-17(26)16-22-12(5-2)15(20)24-16/h11H,4-10H2,1-3H3,(H,21,26)(H,22,24). The Balaban J connectivity index is 1.60. The highest BCUT2D eigenvalue weighted by Gasteiger charge is 2.32. The van der Waals surface area contributed by atoms with Gasteiger partial charge in [-0.15, -0.1) is 0 Å². The fraction of sp³-hybridized carbons (Fsp3) is 0.579. The van der Waals surface area contributed by atoms with Gasteiger partial charge in [-0.05, 0) is 26.2 Å². The van der Waals surface area contributed by atoms with Crippen LogP contribution in [0.1, 0.15) is 65.3 Å². The summed E-state index contributed by atoms with van der Waals surface area (Å²) in [5.41, 5.74) is 1.55. The number of thiazole rings is 1. The van der Waals surface area contributed by atoms with E-state index in [-0.39, 0.29) is 23.7 Å². The van der Waals surface area contributed by atoms with Crippen LogP contribution in [0, 0.1) is 0 Å². The van der Waals surface area contributed by atoms with E-state index in [4.69, 9.17) is 16.3 Å². The van der Waals surface area contributed by atoms with E-state index in [1.54, 1.807) is 6.92 Å². The second-order valence-electron chi connectivity index (χ2n) is 6.88. The minimum absolute atomic E-state index is 0.00881. The summed E-state index contributed by atoms with van der Waals surface area (Å²) in [6, 6.07) is -0.00881. The third-order valence-electron chi connectivity index (χ3n) is 4.70. The van der Waals surface area contributed by atoms with Gasteiger partial charge in [-0.2, -0.15) is 0 Å². The van der Waals surface area contributed by atoms with Gasteiger partial charge < -0.3 is 19.9 Å². The number of rotatable bonds is 9. The molecule has 1 aliphatic rings. The number of hydrogen-bond acceptors (Lipinski definition) is 7. The first kappa shape index (κ1) is 21.6. The van der Waals surface area contributed by atoms with Crippen molar-refractivity contribution >= 4 is 39.9 Å². The van der Waals surface area contributed by atoms with Crippen molar-refractivity contribution in [2.75, 3.05) is 24.6 Å². The van der Waals surface area contributed by atoms with Crippen LogP contribution in [0.15, 0.2) is 0 Å². The number of unbranched alkanes of at least 4 members (excludes halogenated alkanes) is 1. The minimum Gasteiger partial charge on any atom is -0.462 e. The topological polar surface area (TPSA) is 100 Å². The van der Waals surface area contributed by atoms with Crippen LogP contribution >= 0.6 is 22.9 Å². The van der Waals surface area contributed by atoms with Crippen molar-refractivity contribution < 1.29 is 14.3 Å². The molecule has 2 N–H and O–H groups in total. The maximum Gasteiger partial charge on any atom is 0.350 e. The van der Waals surface area contributed by atoms with Gasteiger partial charge in [-0.1, -0.05) is 43.2 Å². The second kappa shape index (κ2) is 9.58. The van der Waals surface area contributed by atoms with Crippen LogP contribution in [0.2, 0.25) is 5.15 Å². The average Bonchev–Trinajstić information content (AvgIpc) is 3.26. The van der Waals surface area contributed by atoms with Crippen molar-refractivity contribution in [1.29, 1.82) is 0 Å². The van der Waals surface area contributed by atoms with Crippen LogP contribution in [0.3, 0.4) is 0 Å². The predicted molar refractivity (Wildman–Crippen MR) is 113 cm³/mol. The van der Waals surface area contributed by atoms with Gasteiger partial charge in [0.25, 0.3) is 5.91 Å². The SMILES string of the molecule is CCCCc1nc(N2CC(NC(=O)c3nc(Cl)c(CC)[nH]3)C2)sc1C(=O)OCC. The first-order valence-electron chi connectivity index (χ1n) is 9.93. The molecule has 0 radical (unpaired) electrons. The largest absolute Gasteiger partial charge is 0.462 e. The maximum atomic E-state index is 12.4. The summed E-state index contributed by atoms with van der Waals surface area (Å²) in [5.74, 6) is -0.355. The zero-order valence-electron chi connectivity index (χ0n) is 16.9. The van der Waals surface area contributed by atoms with Crippen LogP contribution in [-0.4, -0.2) is 52.6 Å². The minimum atomic E-state index is -0.311. The molecule has 0 unspecified atom stereocenters. The second-order valence-corrected chi connectivity index (χ2v) is 8.22. The van der Waals surface area contributed by atoms with Gasteiger partial charge in [0.15, 0.2) is 16.1 Å². The lowest BCUT2D eigenvalue weighted by Gasteiger charge is -2.39. The molecule has 0 saturated carbocycles. The molecule has 1 aliphatic heterocycles. The molecular weight excluding hydrogens is 414 g/mol. The lowest BCUT2D eigenvalue weighted by molar-refractivity contribution is 0.0530. The highest BCUT2D eigenvalue weighted by Crippen LogP contribution is 2.31. The monoisotopic (exact) mass is 439 g/mol. The van der Waals surface area contributed by atoms with Crippen LogP contribution < -0.4 is 10.2 Å². The number of esters is 1. The van der Waals surface area contributed by atoms with Crippen molar-refractivity contribution in [3.63, 3.8) is 0 Å². The van der Waals surface area contributed by atoms with E-state index < -0.39 is 0 Å². The van der Waals surface area contributed by atoms with Gasteiger partial charge in [0.1, 0.15) is 4.88 Å². The number of ether oxygens (including phenoxy) is 1. The summed E-state index contributed by atoms with van der Waals surface area (Å²) in [5, 5.41) is 4.07. The number of nitrogens with zero attached hydrogens (tertiary/aromatic N) is 3. The Morgan fingerprint density at radius 1 is 1.31 bits per heavy atom. The van der Waals surface area contributed by atoms with Gasteiger partial charge >= 0.3 is 5.97 Å². The zero-order valence-corrected chi connectivity index (χ0v) is 18.5. The Labute approximate surface area is 179 Å². The van der Waals surface area contributed by atoms with E-state index in [1.807, 2.05) is 6.92 Å². The molecule has 3 heterocycles. The molecule has 1 fully saturated rings. The quantitative estimate of drug-likeness (QED) is 0.582. The molecule has 3 rings (SSSR count). The van der Waals surface area contributed by atoms with Crippen molar-refractivity contribution in [2.24, 2.45) is 0 Å². The number of carbonyl (C=O) groups is 2. The molecule has 0 aromatic carbocycles. The van der Waals surface area contributed by atoms with Gasteiger partial charge in [-0.25, -0.2) is 14.8 Å². The molecule has 29 heavy (non-hydrogen) atoms. The van der Waals surface area contributed by atoms with Crippen LogP contribution in [-0.2, 0) is 17.6 Å². The van der Waals surface area contributed by atoms with E-state index in [1.165, 1.54) is 11.3 Å². The van der Waals surface area contributed by atoms with Gasteiger partial charge in [0.05, 0.1) is 24.0 Å². The molecule has 2 aromatic heterocycles. The Morgan fingerprint density at radius 3 is 2.69 bits per heavy atom. The number of aromatic nitrogens is 3. The Morgan fingerprint density at radius 2 is 2.07 bits per heavy atom. The molecule has 1 saturated heterocycles. The Kier molecular flexibility index (Phi) is 7.13. The molecular formula is C19H26ClN5O3S. The molecule has 0 bridgehead atoms. The van der Waals surface area contributed by atoms with E-state index in [2.05, 4.69) is 32.1 Å². The number of aryl methyl sites for hydroxylation is 2. The lowest BCUT2D eigenvalue weighted by Crippen LogP contribution is -2.59. The van der Waals surface area contributed by atoms with E-state index in [0.717, 1.165) is 35.8 Å². The highest BCUT2D eigenvalue weighted by molar-refractivity contribution is 7.17. The molecule has 0 atom stereocenters. The first-order chi connectivity index (χ1) is 14.0.